The Kier molecular flexibility index (Phi) is 5.93. The number of aliphatic hydroxyl groups is 1. The first-order chi connectivity index (χ1) is 11.0. The Hall–Kier alpha value is -2.14. The van der Waals surface area contributed by atoms with E-state index in [1.807, 2.05) is 51.1 Å². The first-order valence-electron chi connectivity index (χ1n) is 8.09. The lowest BCUT2D eigenvalue weighted by molar-refractivity contribution is -0.124. The highest BCUT2D eigenvalue weighted by molar-refractivity contribution is 5.76. The summed E-state index contributed by atoms with van der Waals surface area (Å²) >= 11 is 0. The minimum Gasteiger partial charge on any atom is -0.392 e. The molecular weight excluding hydrogens is 290 g/mol. The van der Waals surface area contributed by atoms with Crippen molar-refractivity contribution in [3.05, 3.63) is 42.4 Å². The van der Waals surface area contributed by atoms with Gasteiger partial charge < -0.3 is 15.4 Å². The Morgan fingerprint density at radius 3 is 2.61 bits per heavy atom. The smallest absolute Gasteiger partial charge is 0.223 e. The van der Waals surface area contributed by atoms with Crippen LogP contribution in [0.4, 0.5) is 0 Å². The number of aromatic amines is 1. The number of H-pyrrole nitrogens is 1. The Morgan fingerprint density at radius 2 is 2.00 bits per heavy atom. The molecule has 2 rings (SSSR count). The fourth-order valence-electron chi connectivity index (χ4n) is 2.32. The van der Waals surface area contributed by atoms with Gasteiger partial charge in [0, 0.05) is 0 Å². The van der Waals surface area contributed by atoms with E-state index in [0.29, 0.717) is 0 Å². The summed E-state index contributed by atoms with van der Waals surface area (Å²) in [6, 6.07) is 9.76. The SMILES string of the molecule is CCC(NC(=O)CC(O)C(C)C)c1ncc(-c2ccccc2)[nH]1. The molecule has 0 aliphatic heterocycles. The van der Waals surface area contributed by atoms with Gasteiger partial charge in [-0.2, -0.15) is 0 Å². The number of aromatic nitrogens is 2. The summed E-state index contributed by atoms with van der Waals surface area (Å²) in [6.07, 6.45) is 2.00. The molecule has 1 heterocycles. The molecule has 3 N–H and O–H groups in total. The van der Waals surface area contributed by atoms with E-state index in [0.717, 1.165) is 23.5 Å². The highest BCUT2D eigenvalue weighted by atomic mass is 16.3. The fraction of sp³-hybridized carbons (Fsp3) is 0.444. The van der Waals surface area contributed by atoms with Crippen molar-refractivity contribution >= 4 is 5.91 Å². The lowest BCUT2D eigenvalue weighted by Crippen LogP contribution is -2.32. The van der Waals surface area contributed by atoms with Crippen LogP contribution in [-0.2, 0) is 4.79 Å². The van der Waals surface area contributed by atoms with Crippen LogP contribution in [0.2, 0.25) is 0 Å². The van der Waals surface area contributed by atoms with Crippen LogP contribution in [0.3, 0.4) is 0 Å². The number of hydrogen-bond acceptors (Lipinski definition) is 3. The van der Waals surface area contributed by atoms with Crippen molar-refractivity contribution in [3.63, 3.8) is 0 Å². The summed E-state index contributed by atoms with van der Waals surface area (Å²) in [4.78, 5) is 19.7. The van der Waals surface area contributed by atoms with Crippen molar-refractivity contribution in [1.82, 2.24) is 15.3 Å². The number of nitrogens with zero attached hydrogens (tertiary/aromatic N) is 1. The summed E-state index contributed by atoms with van der Waals surface area (Å²) in [5.41, 5.74) is 1.98. The van der Waals surface area contributed by atoms with Crippen molar-refractivity contribution in [2.24, 2.45) is 5.92 Å². The summed E-state index contributed by atoms with van der Waals surface area (Å²) in [5.74, 6) is 0.642. The standard InChI is InChI=1S/C18H25N3O2/c1-4-14(20-17(23)10-16(22)12(2)3)18-19-11-15(21-18)13-8-6-5-7-9-13/h5-9,11-12,14,16,22H,4,10H2,1-3H3,(H,19,21)(H,20,23). The van der Waals surface area contributed by atoms with E-state index in [1.165, 1.54) is 0 Å². The van der Waals surface area contributed by atoms with Gasteiger partial charge >= 0.3 is 0 Å². The predicted molar refractivity (Wildman–Crippen MR) is 90.7 cm³/mol. The van der Waals surface area contributed by atoms with Crippen molar-refractivity contribution in [1.29, 1.82) is 0 Å². The second kappa shape index (κ2) is 7.92. The van der Waals surface area contributed by atoms with Crippen molar-refractivity contribution < 1.29 is 9.90 Å². The minimum atomic E-state index is -0.621. The van der Waals surface area contributed by atoms with E-state index in [1.54, 1.807) is 6.20 Å². The molecule has 1 amide bonds. The number of aliphatic hydroxyl groups excluding tert-OH is 1. The third-order valence-electron chi connectivity index (χ3n) is 3.92. The predicted octanol–water partition coefficient (Wildman–Crippen LogP) is 3.05. The average molecular weight is 315 g/mol. The van der Waals surface area contributed by atoms with Crippen LogP contribution in [0.5, 0.6) is 0 Å². The summed E-state index contributed by atoms with van der Waals surface area (Å²) < 4.78 is 0. The van der Waals surface area contributed by atoms with E-state index >= 15 is 0 Å². The van der Waals surface area contributed by atoms with E-state index in [4.69, 9.17) is 0 Å². The highest BCUT2D eigenvalue weighted by Crippen LogP contribution is 2.20. The molecule has 0 saturated carbocycles. The molecule has 0 spiro atoms. The summed E-state index contributed by atoms with van der Waals surface area (Å²) in [7, 11) is 0. The number of benzene rings is 1. The number of imidazole rings is 1. The third kappa shape index (κ3) is 4.66. The van der Waals surface area contributed by atoms with Crippen LogP contribution < -0.4 is 5.32 Å². The average Bonchev–Trinajstić information content (AvgIpc) is 3.03. The lowest BCUT2D eigenvalue weighted by Gasteiger charge is -2.18. The number of nitrogens with one attached hydrogen (secondary N) is 2. The van der Waals surface area contributed by atoms with Gasteiger partial charge in [0.15, 0.2) is 0 Å². The lowest BCUT2D eigenvalue weighted by atomic mass is 10.0. The van der Waals surface area contributed by atoms with Crippen molar-refractivity contribution in [2.45, 2.75) is 45.8 Å². The summed E-state index contributed by atoms with van der Waals surface area (Å²) in [5, 5.41) is 12.8. The molecule has 2 atom stereocenters. The Labute approximate surface area is 137 Å². The molecule has 5 heteroatoms. The number of hydrogen-bond donors (Lipinski definition) is 3. The first-order valence-corrected chi connectivity index (χ1v) is 8.09. The number of carbonyl (C=O) groups excluding carboxylic acids is 1. The second-order valence-electron chi connectivity index (χ2n) is 6.09. The minimum absolute atomic E-state index is 0.0640. The number of amides is 1. The van der Waals surface area contributed by atoms with E-state index in [9.17, 15) is 9.90 Å². The molecule has 1 aromatic carbocycles. The van der Waals surface area contributed by atoms with E-state index < -0.39 is 6.10 Å². The molecule has 0 radical (unpaired) electrons. The van der Waals surface area contributed by atoms with Gasteiger partial charge in [-0.05, 0) is 17.9 Å². The molecule has 0 aliphatic rings. The van der Waals surface area contributed by atoms with Crippen LogP contribution in [0, 0.1) is 5.92 Å². The first kappa shape index (κ1) is 17.2. The van der Waals surface area contributed by atoms with E-state index in [-0.39, 0.29) is 24.3 Å². The van der Waals surface area contributed by atoms with Gasteiger partial charge in [-0.25, -0.2) is 4.98 Å². The topological polar surface area (TPSA) is 78.0 Å². The van der Waals surface area contributed by atoms with Gasteiger partial charge in [0.1, 0.15) is 5.82 Å². The number of carbonyl (C=O) groups is 1. The summed E-state index contributed by atoms with van der Waals surface area (Å²) in [6.45, 7) is 5.79. The number of rotatable bonds is 7. The zero-order valence-electron chi connectivity index (χ0n) is 13.9. The Bertz CT molecular complexity index is 622. The Balaban J connectivity index is 2.04. The maximum atomic E-state index is 12.1. The molecule has 2 aromatic rings. The molecule has 23 heavy (non-hydrogen) atoms. The van der Waals surface area contributed by atoms with E-state index in [2.05, 4.69) is 15.3 Å². The van der Waals surface area contributed by atoms with Crippen LogP contribution in [-0.4, -0.2) is 27.1 Å². The Morgan fingerprint density at radius 1 is 1.30 bits per heavy atom. The molecule has 0 aliphatic carbocycles. The zero-order valence-corrected chi connectivity index (χ0v) is 13.9. The van der Waals surface area contributed by atoms with Crippen LogP contribution >= 0.6 is 0 Å². The zero-order chi connectivity index (χ0) is 16.8. The fourth-order valence-corrected chi connectivity index (χ4v) is 2.32. The van der Waals surface area contributed by atoms with Crippen LogP contribution in [0.25, 0.3) is 11.3 Å². The van der Waals surface area contributed by atoms with Gasteiger partial charge in [-0.3, -0.25) is 4.79 Å². The monoisotopic (exact) mass is 315 g/mol. The molecule has 0 fully saturated rings. The maximum Gasteiger partial charge on any atom is 0.223 e. The normalized spacial score (nSPS) is 13.8. The molecular formula is C18H25N3O2. The second-order valence-corrected chi connectivity index (χ2v) is 6.09. The van der Waals surface area contributed by atoms with Crippen LogP contribution in [0.15, 0.2) is 36.5 Å². The van der Waals surface area contributed by atoms with Crippen molar-refractivity contribution in [2.75, 3.05) is 0 Å². The molecule has 0 bridgehead atoms. The molecule has 124 valence electrons. The molecule has 0 saturated heterocycles. The van der Waals surface area contributed by atoms with Gasteiger partial charge in [0.05, 0.1) is 30.5 Å². The van der Waals surface area contributed by atoms with Gasteiger partial charge in [-0.15, -0.1) is 0 Å². The van der Waals surface area contributed by atoms with Crippen molar-refractivity contribution in [3.8, 4) is 11.3 Å². The largest absolute Gasteiger partial charge is 0.392 e. The molecule has 5 nitrogen and oxygen atoms in total. The quantitative estimate of drug-likeness (QED) is 0.735. The third-order valence-corrected chi connectivity index (χ3v) is 3.92. The van der Waals surface area contributed by atoms with Gasteiger partial charge in [0.2, 0.25) is 5.91 Å². The molecule has 2 unspecified atom stereocenters. The van der Waals surface area contributed by atoms with Crippen LogP contribution in [0.1, 0.15) is 45.5 Å². The van der Waals surface area contributed by atoms with Gasteiger partial charge in [0.25, 0.3) is 0 Å². The highest BCUT2D eigenvalue weighted by Gasteiger charge is 2.19. The van der Waals surface area contributed by atoms with Gasteiger partial charge in [-0.1, -0.05) is 51.1 Å². The maximum absolute atomic E-state index is 12.1. The molecule has 1 aromatic heterocycles.